The maximum absolute atomic E-state index is 13.5. The number of halogens is 3. The van der Waals surface area contributed by atoms with Crippen molar-refractivity contribution in [2.75, 3.05) is 18.8 Å². The summed E-state index contributed by atoms with van der Waals surface area (Å²) in [6.45, 7) is 0. The molecule has 18 nitrogen and oxygen atoms in total. The highest BCUT2D eigenvalue weighted by molar-refractivity contribution is 7.91. The Kier molecular flexibility index (Phi) is 15.8. The molecule has 3 aromatic carbocycles. The van der Waals surface area contributed by atoms with E-state index in [0.717, 1.165) is 160 Å². The lowest BCUT2D eigenvalue weighted by Gasteiger charge is -2.17. The van der Waals surface area contributed by atoms with E-state index in [2.05, 4.69) is 43.6 Å². The molecule has 0 spiro atoms. The van der Waals surface area contributed by atoms with Crippen LogP contribution in [0.2, 0.25) is 0 Å². The molecule has 3 fully saturated rings. The fraction of sp³-hybridized carbons (Fsp3) is 0.240. The van der Waals surface area contributed by atoms with Gasteiger partial charge < -0.3 is 13.7 Å². The molecule has 0 N–H and O–H groups in total. The molecule has 24 heteroatoms. The third-order valence-electron chi connectivity index (χ3n) is 20.0. The van der Waals surface area contributed by atoms with E-state index in [-0.39, 0.29) is 32.1 Å². The van der Waals surface area contributed by atoms with Crippen molar-refractivity contribution in [1.29, 1.82) is 0 Å². The van der Waals surface area contributed by atoms with Crippen molar-refractivity contribution in [2.24, 2.45) is 0 Å². The lowest BCUT2D eigenvalue weighted by molar-refractivity contribution is 0.530. The van der Waals surface area contributed by atoms with E-state index in [4.69, 9.17) is 15.0 Å². The fourth-order valence-electron chi connectivity index (χ4n) is 15.3. The van der Waals surface area contributed by atoms with Crippen LogP contribution < -0.4 is 0 Å². The number of hydrogen-bond donors (Lipinski definition) is 0. The van der Waals surface area contributed by atoms with Gasteiger partial charge in [0.2, 0.25) is 0 Å². The van der Waals surface area contributed by atoms with Gasteiger partial charge in [-0.2, -0.15) is 0 Å². The molecular weight excluding hydrogens is 1320 g/mol. The quantitative estimate of drug-likeness (QED) is 0.111. The molecule has 18 rings (SSSR count). The monoisotopic (exact) mass is 1380 g/mol. The second-order valence-corrected chi connectivity index (χ2v) is 32.4. The normalized spacial score (nSPS) is 19.1. The molecule has 0 saturated heterocycles. The Balaban J connectivity index is 0.000000116. The Labute approximate surface area is 569 Å². The lowest BCUT2D eigenvalue weighted by Crippen LogP contribution is -2.08. The average Bonchev–Trinajstić information content (AvgIpc) is 1.59. The second kappa shape index (κ2) is 24.7. The molecular formula is C75H63F3N12O6S3. The number of aromatic nitrogens is 12. The Morgan fingerprint density at radius 2 is 0.596 bits per heavy atom. The van der Waals surface area contributed by atoms with Crippen LogP contribution in [-0.4, -0.2) is 103 Å². The minimum Gasteiger partial charge on any atom is -0.324 e. The SMILES string of the molecule is CS(=O)(=O)c1ccc(-c2cc(-c3c(-c4ccc(F)cn4)nc4n3C3CCC4C3)ccn2)cc1.CS(=O)(=O)c1ccc(-c2cc(-c3c(-c4ccc(F)cn4)nc4n3[C@@H]3CC[C@H]4C3)ccn2)cc1.CS(=O)(=O)c1ccc(-c2cc(-c3c(-c4ccc(F)cn4)nc4n3[C@H]3CC[C@@H]4C3)ccn2)cc1. The molecule has 6 atom stereocenters. The summed E-state index contributed by atoms with van der Waals surface area (Å²) in [5.74, 6) is 3.46. The van der Waals surface area contributed by atoms with E-state index in [1.807, 2.05) is 36.4 Å². The van der Waals surface area contributed by atoms with Crippen LogP contribution in [0.3, 0.4) is 0 Å². The fourth-order valence-corrected chi connectivity index (χ4v) is 17.2. The summed E-state index contributed by atoms with van der Waals surface area (Å²) < 4.78 is 118. The number of imidazole rings is 3. The zero-order valence-electron chi connectivity index (χ0n) is 53.8. The van der Waals surface area contributed by atoms with Gasteiger partial charge in [-0.25, -0.2) is 53.4 Å². The van der Waals surface area contributed by atoms with Crippen molar-refractivity contribution in [1.82, 2.24) is 58.6 Å². The van der Waals surface area contributed by atoms with Crippen LogP contribution in [0.1, 0.15) is 111 Å². The van der Waals surface area contributed by atoms with Crippen LogP contribution >= 0.6 is 0 Å². The largest absolute Gasteiger partial charge is 0.324 e. The number of benzene rings is 3. The van der Waals surface area contributed by atoms with Crippen molar-refractivity contribution in [3.05, 3.63) is 218 Å². The molecule has 9 aromatic heterocycles. The number of pyridine rings is 6. The number of hydrogen-bond acceptors (Lipinski definition) is 15. The van der Waals surface area contributed by atoms with Gasteiger partial charge in [0.25, 0.3) is 0 Å². The van der Waals surface area contributed by atoms with Gasteiger partial charge in [-0.05, 0) is 167 Å². The predicted molar refractivity (Wildman–Crippen MR) is 368 cm³/mol. The third-order valence-corrected chi connectivity index (χ3v) is 23.4. The summed E-state index contributed by atoms with van der Waals surface area (Å²) >= 11 is 0. The van der Waals surface area contributed by atoms with E-state index >= 15 is 0 Å². The zero-order valence-corrected chi connectivity index (χ0v) is 56.3. The van der Waals surface area contributed by atoms with Gasteiger partial charge in [0.05, 0.1) is 84.5 Å². The Morgan fingerprint density at radius 1 is 0.323 bits per heavy atom. The smallest absolute Gasteiger partial charge is 0.175 e. The minimum absolute atomic E-state index is 0.275. The Bertz CT molecular complexity index is 4980. The van der Waals surface area contributed by atoms with Gasteiger partial charge in [0, 0.05) is 107 Å². The van der Waals surface area contributed by atoms with Crippen LogP contribution in [-0.2, 0) is 29.5 Å². The molecule has 498 valence electrons. The highest BCUT2D eigenvalue weighted by atomic mass is 32.2. The van der Waals surface area contributed by atoms with Gasteiger partial charge >= 0.3 is 0 Å². The maximum atomic E-state index is 13.5. The number of nitrogens with zero attached hydrogens (tertiary/aromatic N) is 12. The number of rotatable bonds is 12. The molecule has 12 aromatic rings. The summed E-state index contributed by atoms with van der Waals surface area (Å²) in [5, 5.41) is 0. The zero-order chi connectivity index (χ0) is 68.2. The van der Waals surface area contributed by atoms with Gasteiger partial charge in [-0.1, -0.05) is 36.4 Å². The minimum atomic E-state index is -3.26. The Morgan fingerprint density at radius 3 is 0.838 bits per heavy atom. The highest BCUT2D eigenvalue weighted by Gasteiger charge is 2.44. The van der Waals surface area contributed by atoms with Crippen molar-refractivity contribution in [3.63, 3.8) is 0 Å². The third kappa shape index (κ3) is 11.9. The van der Waals surface area contributed by atoms with E-state index in [0.29, 0.717) is 53.0 Å². The molecule has 6 aliphatic rings. The first-order valence-electron chi connectivity index (χ1n) is 32.7. The van der Waals surface area contributed by atoms with Crippen LogP contribution in [0.5, 0.6) is 0 Å². The topological polar surface area (TPSA) is 233 Å². The second-order valence-electron chi connectivity index (χ2n) is 26.4. The summed E-state index contributed by atoms with van der Waals surface area (Å²) in [7, 11) is -9.79. The number of sulfone groups is 3. The van der Waals surface area contributed by atoms with Gasteiger partial charge in [-0.3, -0.25) is 29.9 Å². The molecule has 99 heavy (non-hydrogen) atoms. The van der Waals surface area contributed by atoms with Crippen molar-refractivity contribution in [3.8, 4) is 102 Å². The van der Waals surface area contributed by atoms with Crippen molar-refractivity contribution < 1.29 is 38.4 Å². The van der Waals surface area contributed by atoms with E-state index in [1.54, 1.807) is 110 Å². The first-order chi connectivity index (χ1) is 47.6. The molecule has 12 heterocycles. The standard InChI is InChI=1S/3C25H21FN4O2S/c3*1-33(31,32)20-7-3-15(4-8-20)22-13-16(10-11-27-22)24-23(21-9-5-18(26)14-28-21)29-25-17-2-6-19(12-17)30(24)25/h3*3-5,7-11,13-14,17,19H,2,6,12H2,1H3/t2*17-,19+;/m10./s1. The summed E-state index contributed by atoms with van der Waals surface area (Å²) in [6.07, 6.45) is 22.7. The van der Waals surface area contributed by atoms with Crippen molar-refractivity contribution in [2.45, 2.75) is 108 Å². The Hall–Kier alpha value is -10.2. The van der Waals surface area contributed by atoms with Crippen LogP contribution in [0.15, 0.2) is 197 Å². The number of fused-ring (bicyclic) bond motifs is 15. The van der Waals surface area contributed by atoms with E-state index in [1.165, 1.54) is 55.6 Å². The van der Waals surface area contributed by atoms with Gasteiger partial charge in [0.15, 0.2) is 29.5 Å². The molecule has 2 unspecified atom stereocenters. The molecule has 3 saturated carbocycles. The first kappa shape index (κ1) is 63.6. The van der Waals surface area contributed by atoms with Gasteiger partial charge in [-0.15, -0.1) is 0 Å². The molecule has 3 aliphatic carbocycles. The van der Waals surface area contributed by atoms with E-state index < -0.39 is 29.5 Å². The van der Waals surface area contributed by atoms with Crippen LogP contribution in [0, 0.1) is 17.5 Å². The summed E-state index contributed by atoms with van der Waals surface area (Å²) in [4.78, 5) is 42.3. The lowest BCUT2D eigenvalue weighted by atomic mass is 10.0. The summed E-state index contributed by atoms with van der Waals surface area (Å²) in [5.41, 5.74) is 14.7. The van der Waals surface area contributed by atoms with E-state index in [9.17, 15) is 38.4 Å². The molecule has 0 radical (unpaired) electrons. The van der Waals surface area contributed by atoms with Gasteiger partial charge in [0.1, 0.15) is 52.0 Å². The average molecular weight is 1380 g/mol. The molecule has 0 amide bonds. The summed E-state index contributed by atoms with van der Waals surface area (Å²) in [6, 6.07) is 42.6. The van der Waals surface area contributed by atoms with Crippen molar-refractivity contribution >= 4 is 29.5 Å². The molecule has 3 aliphatic heterocycles. The van der Waals surface area contributed by atoms with Crippen LogP contribution in [0.4, 0.5) is 13.2 Å². The first-order valence-corrected chi connectivity index (χ1v) is 38.4. The highest BCUT2D eigenvalue weighted by Crippen LogP contribution is 2.55. The predicted octanol–water partition coefficient (Wildman–Crippen LogP) is 15.1. The maximum Gasteiger partial charge on any atom is 0.175 e. The van der Waals surface area contributed by atoms with Crippen LogP contribution in [0.25, 0.3) is 102 Å². The molecule has 6 bridgehead atoms.